The van der Waals surface area contributed by atoms with Crippen LogP contribution >= 0.6 is 0 Å². The van der Waals surface area contributed by atoms with Gasteiger partial charge in [-0.25, -0.2) is 9.50 Å². The van der Waals surface area contributed by atoms with Gasteiger partial charge in [-0.15, -0.1) is 5.10 Å². The maximum atomic E-state index is 12.4. The highest BCUT2D eigenvalue weighted by Gasteiger charge is 2.15. The first-order chi connectivity index (χ1) is 13.5. The summed E-state index contributed by atoms with van der Waals surface area (Å²) in [5, 5.41) is 7.02. The number of methoxy groups -OCH3 is 1. The molecule has 3 rings (SSSR count). The lowest BCUT2D eigenvalue weighted by Gasteiger charge is -2.08. The zero-order valence-corrected chi connectivity index (χ0v) is 15.5. The van der Waals surface area contributed by atoms with Crippen molar-refractivity contribution in [2.45, 2.75) is 6.92 Å². The van der Waals surface area contributed by atoms with Gasteiger partial charge in [-0.3, -0.25) is 9.78 Å². The van der Waals surface area contributed by atoms with Crippen molar-refractivity contribution in [1.29, 1.82) is 0 Å². The van der Waals surface area contributed by atoms with E-state index in [4.69, 9.17) is 9.47 Å². The van der Waals surface area contributed by atoms with Gasteiger partial charge in [0.15, 0.2) is 11.5 Å². The Morgan fingerprint density at radius 3 is 2.79 bits per heavy atom. The Balaban J connectivity index is 1.79. The van der Waals surface area contributed by atoms with E-state index >= 15 is 0 Å². The van der Waals surface area contributed by atoms with Crippen molar-refractivity contribution in [2.24, 2.45) is 0 Å². The summed E-state index contributed by atoms with van der Waals surface area (Å²) in [5.41, 5.74) is 1.69. The molecule has 0 aliphatic carbocycles. The van der Waals surface area contributed by atoms with Gasteiger partial charge in [-0.2, -0.15) is 0 Å². The van der Waals surface area contributed by atoms with Crippen LogP contribution in [0.15, 0.2) is 73.3 Å². The lowest BCUT2D eigenvalue weighted by molar-refractivity contribution is -0.112. The van der Waals surface area contributed by atoms with Crippen LogP contribution in [0.25, 0.3) is 5.65 Å². The minimum atomic E-state index is -0.419. The molecule has 0 saturated heterocycles. The van der Waals surface area contributed by atoms with Crippen molar-refractivity contribution in [3.05, 3.63) is 79.0 Å². The second-order valence-electron chi connectivity index (χ2n) is 5.74. The molecule has 3 aromatic rings. The second kappa shape index (κ2) is 8.17. The third kappa shape index (κ3) is 4.24. The van der Waals surface area contributed by atoms with Crippen LogP contribution in [0.4, 0.5) is 5.82 Å². The van der Waals surface area contributed by atoms with E-state index < -0.39 is 5.91 Å². The molecule has 0 atom stereocenters. The molecule has 0 radical (unpaired) electrons. The third-order valence-corrected chi connectivity index (χ3v) is 3.72. The van der Waals surface area contributed by atoms with E-state index in [0.29, 0.717) is 23.1 Å². The van der Waals surface area contributed by atoms with Crippen molar-refractivity contribution in [3.8, 4) is 11.6 Å². The van der Waals surface area contributed by atoms with Crippen molar-refractivity contribution >= 4 is 17.4 Å². The fourth-order valence-electron chi connectivity index (χ4n) is 2.32. The van der Waals surface area contributed by atoms with E-state index in [1.807, 2.05) is 19.1 Å². The van der Waals surface area contributed by atoms with Crippen LogP contribution in [0.5, 0.6) is 11.6 Å². The molecule has 1 N–H and O–H groups in total. The molecule has 0 aliphatic rings. The summed E-state index contributed by atoms with van der Waals surface area (Å²) in [4.78, 5) is 20.9. The highest BCUT2D eigenvalue weighted by atomic mass is 16.5. The van der Waals surface area contributed by atoms with Crippen LogP contribution in [0.1, 0.15) is 5.69 Å². The van der Waals surface area contributed by atoms with E-state index in [-0.39, 0.29) is 11.3 Å². The molecule has 8 nitrogen and oxygen atoms in total. The van der Waals surface area contributed by atoms with Crippen LogP contribution in [0, 0.1) is 6.92 Å². The normalized spacial score (nSPS) is 11.1. The Labute approximate surface area is 161 Å². The summed E-state index contributed by atoms with van der Waals surface area (Å²) in [5.74, 6) is 1.07. The number of carbonyl (C=O) groups excluding carboxylic acids is 1. The molecular weight excluding hydrogens is 358 g/mol. The predicted octanol–water partition coefficient (Wildman–Crippen LogP) is 3.44. The molecule has 142 valence electrons. The number of anilines is 1. The summed E-state index contributed by atoms with van der Waals surface area (Å²) in [6, 6.07) is 7.07. The number of pyridine rings is 1. The smallest absolute Gasteiger partial charge is 0.260 e. The van der Waals surface area contributed by atoms with Crippen molar-refractivity contribution in [2.75, 3.05) is 12.4 Å². The minimum absolute atomic E-state index is 0.224. The number of carbonyl (C=O) groups is 1. The number of nitrogens with one attached hydrogen (secondary N) is 1. The topological polar surface area (TPSA) is 90.6 Å². The quantitative estimate of drug-likeness (QED) is 0.385. The number of aromatic nitrogens is 4. The van der Waals surface area contributed by atoms with E-state index in [1.54, 1.807) is 24.5 Å². The van der Waals surface area contributed by atoms with Gasteiger partial charge in [0.2, 0.25) is 5.88 Å². The first-order valence-corrected chi connectivity index (χ1v) is 8.34. The summed E-state index contributed by atoms with van der Waals surface area (Å²) in [6.45, 7) is 9.18. The monoisotopic (exact) mass is 377 g/mol. The first-order valence-electron chi connectivity index (χ1n) is 8.34. The Kier molecular flexibility index (Phi) is 5.50. The standard InChI is InChI=1S/C20H19N5O3/c1-5-6-16(14(3)27-4)20(26)23-17-12-25-18(22-17)9-10-19(24-25)28-15-8-7-13(2)21-11-15/h5-12H,1,3H2,2,4H3,(H,23,26)/b16-6+. The summed E-state index contributed by atoms with van der Waals surface area (Å²) in [7, 11) is 1.44. The van der Waals surface area contributed by atoms with Crippen LogP contribution in [-0.2, 0) is 9.53 Å². The molecule has 0 fully saturated rings. The van der Waals surface area contributed by atoms with Crippen molar-refractivity contribution < 1.29 is 14.3 Å². The number of hydrogen-bond acceptors (Lipinski definition) is 6. The number of imidazole rings is 1. The van der Waals surface area contributed by atoms with Gasteiger partial charge < -0.3 is 14.8 Å². The summed E-state index contributed by atoms with van der Waals surface area (Å²) >= 11 is 0. The van der Waals surface area contributed by atoms with Crippen LogP contribution in [-0.4, -0.2) is 32.6 Å². The molecular formula is C20H19N5O3. The fourth-order valence-corrected chi connectivity index (χ4v) is 2.32. The fraction of sp³-hybridized carbons (Fsp3) is 0.100. The largest absolute Gasteiger partial charge is 0.497 e. The SMILES string of the molecule is C=C/C=C(\C(=C)OC)C(=O)Nc1cn2nc(Oc3ccc(C)nc3)ccc2n1. The average Bonchev–Trinajstić information content (AvgIpc) is 3.08. The van der Waals surface area contributed by atoms with Gasteiger partial charge in [0, 0.05) is 11.8 Å². The molecule has 3 aromatic heterocycles. The second-order valence-corrected chi connectivity index (χ2v) is 5.74. The molecule has 0 aromatic carbocycles. The number of allylic oxidation sites excluding steroid dienone is 2. The molecule has 0 aliphatic heterocycles. The van der Waals surface area contributed by atoms with E-state index in [0.717, 1.165) is 5.69 Å². The predicted molar refractivity (Wildman–Crippen MR) is 105 cm³/mol. The molecule has 0 saturated carbocycles. The zero-order valence-electron chi connectivity index (χ0n) is 15.5. The lowest BCUT2D eigenvalue weighted by Crippen LogP contribution is -2.16. The first kappa shape index (κ1) is 18.8. The Morgan fingerprint density at radius 1 is 1.29 bits per heavy atom. The maximum Gasteiger partial charge on any atom is 0.260 e. The molecule has 0 unspecified atom stereocenters. The summed E-state index contributed by atoms with van der Waals surface area (Å²) < 4.78 is 12.2. The molecule has 0 bridgehead atoms. The molecule has 3 heterocycles. The Bertz CT molecular complexity index is 1070. The lowest BCUT2D eigenvalue weighted by atomic mass is 10.2. The van der Waals surface area contributed by atoms with Gasteiger partial charge in [0.25, 0.3) is 5.91 Å². The molecule has 0 spiro atoms. The number of fused-ring (bicyclic) bond motifs is 1. The molecule has 8 heteroatoms. The van der Waals surface area contributed by atoms with Crippen LogP contribution in [0.3, 0.4) is 0 Å². The van der Waals surface area contributed by atoms with Crippen LogP contribution < -0.4 is 10.1 Å². The Hall–Kier alpha value is -3.94. The number of amides is 1. The van der Waals surface area contributed by atoms with Gasteiger partial charge in [-0.1, -0.05) is 19.2 Å². The number of nitrogens with zero attached hydrogens (tertiary/aromatic N) is 4. The van der Waals surface area contributed by atoms with Crippen molar-refractivity contribution in [3.63, 3.8) is 0 Å². The van der Waals surface area contributed by atoms with Gasteiger partial charge in [-0.05, 0) is 31.2 Å². The number of ether oxygens (including phenoxy) is 2. The van der Waals surface area contributed by atoms with E-state index in [2.05, 4.69) is 33.5 Å². The number of rotatable bonds is 7. The van der Waals surface area contributed by atoms with E-state index in [1.165, 1.54) is 23.8 Å². The highest BCUT2D eigenvalue weighted by molar-refractivity contribution is 6.06. The van der Waals surface area contributed by atoms with Crippen LogP contribution in [0.2, 0.25) is 0 Å². The average molecular weight is 377 g/mol. The third-order valence-electron chi connectivity index (χ3n) is 3.72. The van der Waals surface area contributed by atoms with Gasteiger partial charge in [0.05, 0.1) is 25.1 Å². The summed E-state index contributed by atoms with van der Waals surface area (Å²) in [6.07, 6.45) is 6.19. The Morgan fingerprint density at radius 2 is 2.11 bits per heavy atom. The van der Waals surface area contributed by atoms with Gasteiger partial charge >= 0.3 is 0 Å². The van der Waals surface area contributed by atoms with Gasteiger partial charge in [0.1, 0.15) is 11.5 Å². The highest BCUT2D eigenvalue weighted by Crippen LogP contribution is 2.20. The molecule has 28 heavy (non-hydrogen) atoms. The molecule has 1 amide bonds. The maximum absolute atomic E-state index is 12.4. The zero-order chi connectivity index (χ0) is 20.1. The minimum Gasteiger partial charge on any atom is -0.497 e. The number of hydrogen-bond donors (Lipinski definition) is 1. The van der Waals surface area contributed by atoms with Crippen molar-refractivity contribution in [1.82, 2.24) is 19.6 Å². The number of aryl methyl sites for hydroxylation is 1. The van der Waals surface area contributed by atoms with E-state index in [9.17, 15) is 4.79 Å².